The molecule has 0 heterocycles. The van der Waals surface area contributed by atoms with Crippen molar-refractivity contribution in [3.63, 3.8) is 0 Å². The highest BCUT2D eigenvalue weighted by Crippen LogP contribution is 2.34. The molecule has 3 N–H and O–H groups in total. The lowest BCUT2D eigenvalue weighted by Crippen LogP contribution is -2.32. The van der Waals surface area contributed by atoms with E-state index in [-0.39, 0.29) is 0 Å². The van der Waals surface area contributed by atoms with Crippen LogP contribution < -0.4 is 25.3 Å². The maximum Gasteiger partial charge on any atom is 0.188 e. The Bertz CT molecular complexity index is 450. The monoisotopic (exact) mass is 295 g/mol. The number of nitrogens with one attached hydrogen (secondary N) is 1. The Labute approximate surface area is 126 Å². The molecule has 118 valence electrons. The zero-order chi connectivity index (χ0) is 15.7. The molecule has 1 rings (SSSR count). The smallest absolute Gasteiger partial charge is 0.188 e. The first kappa shape index (κ1) is 16.9. The van der Waals surface area contributed by atoms with E-state index in [2.05, 4.69) is 17.2 Å². The van der Waals surface area contributed by atoms with Gasteiger partial charge in [-0.2, -0.15) is 0 Å². The van der Waals surface area contributed by atoms with E-state index in [0.717, 1.165) is 24.9 Å². The number of nitrogens with two attached hydrogens (primary N) is 1. The predicted octanol–water partition coefficient (Wildman–Crippen LogP) is 1.92. The molecule has 0 unspecified atom stereocenters. The van der Waals surface area contributed by atoms with Crippen LogP contribution >= 0.6 is 0 Å². The third kappa shape index (κ3) is 5.06. The Kier molecular flexibility index (Phi) is 7.21. The van der Waals surface area contributed by atoms with Gasteiger partial charge in [0, 0.05) is 18.7 Å². The number of hydrogen-bond donors (Lipinski definition) is 2. The van der Waals surface area contributed by atoms with E-state index in [1.807, 2.05) is 0 Å². The number of aliphatic imine (C=N–C) groups is 1. The number of nitrogens with zero attached hydrogens (tertiary/aromatic N) is 1. The van der Waals surface area contributed by atoms with E-state index >= 15 is 0 Å². The van der Waals surface area contributed by atoms with Crippen molar-refractivity contribution in [3.05, 3.63) is 17.7 Å². The third-order valence-corrected chi connectivity index (χ3v) is 3.06. The van der Waals surface area contributed by atoms with E-state index in [1.54, 1.807) is 33.5 Å². The average Bonchev–Trinajstić information content (AvgIpc) is 2.52. The van der Waals surface area contributed by atoms with Crippen LogP contribution in [-0.4, -0.2) is 33.8 Å². The molecule has 0 fully saturated rings. The zero-order valence-electron chi connectivity index (χ0n) is 13.2. The van der Waals surface area contributed by atoms with Gasteiger partial charge in [-0.3, -0.25) is 0 Å². The Balaban J connectivity index is 2.88. The molecule has 0 aromatic heterocycles. The van der Waals surface area contributed by atoms with Crippen LogP contribution in [0.4, 0.5) is 0 Å². The molecular formula is C15H25N3O3. The summed E-state index contributed by atoms with van der Waals surface area (Å²) >= 11 is 0. The molecule has 0 aliphatic heterocycles. The van der Waals surface area contributed by atoms with Gasteiger partial charge in [0.1, 0.15) is 17.2 Å². The minimum Gasteiger partial charge on any atom is -0.496 e. The van der Waals surface area contributed by atoms with Gasteiger partial charge in [-0.25, -0.2) is 4.99 Å². The molecule has 0 bridgehead atoms. The summed E-state index contributed by atoms with van der Waals surface area (Å²) in [7, 11) is 4.80. The van der Waals surface area contributed by atoms with Crippen LogP contribution in [0.25, 0.3) is 0 Å². The molecule has 0 spiro atoms. The maximum atomic E-state index is 5.83. The fourth-order valence-electron chi connectivity index (χ4n) is 1.85. The molecule has 0 atom stereocenters. The summed E-state index contributed by atoms with van der Waals surface area (Å²) in [6.07, 6.45) is 2.17. The van der Waals surface area contributed by atoms with Gasteiger partial charge < -0.3 is 25.3 Å². The van der Waals surface area contributed by atoms with Gasteiger partial charge >= 0.3 is 0 Å². The zero-order valence-corrected chi connectivity index (χ0v) is 13.2. The van der Waals surface area contributed by atoms with Gasteiger partial charge in [-0.1, -0.05) is 13.3 Å². The van der Waals surface area contributed by atoms with Crippen molar-refractivity contribution in [3.8, 4) is 17.2 Å². The lowest BCUT2D eigenvalue weighted by molar-refractivity contribution is 0.369. The van der Waals surface area contributed by atoms with Gasteiger partial charge in [0.2, 0.25) is 0 Å². The van der Waals surface area contributed by atoms with E-state index in [9.17, 15) is 0 Å². The number of methoxy groups -OCH3 is 3. The van der Waals surface area contributed by atoms with Gasteiger partial charge in [-0.15, -0.1) is 0 Å². The molecule has 0 amide bonds. The molecule has 21 heavy (non-hydrogen) atoms. The summed E-state index contributed by atoms with van der Waals surface area (Å²) < 4.78 is 16.0. The van der Waals surface area contributed by atoms with Crippen LogP contribution in [0.2, 0.25) is 0 Å². The number of hydrogen-bond acceptors (Lipinski definition) is 4. The summed E-state index contributed by atoms with van der Waals surface area (Å²) in [6, 6.07) is 3.60. The van der Waals surface area contributed by atoms with Gasteiger partial charge in [0.15, 0.2) is 5.96 Å². The molecule has 6 heteroatoms. The van der Waals surface area contributed by atoms with E-state index < -0.39 is 0 Å². The summed E-state index contributed by atoms with van der Waals surface area (Å²) in [5.41, 5.74) is 6.67. The maximum absolute atomic E-state index is 5.83. The van der Waals surface area contributed by atoms with Crippen molar-refractivity contribution in [1.82, 2.24) is 5.32 Å². The second-order valence-corrected chi connectivity index (χ2v) is 4.49. The normalized spacial score (nSPS) is 11.1. The Hall–Kier alpha value is -2.11. The Morgan fingerprint density at radius 2 is 1.76 bits per heavy atom. The van der Waals surface area contributed by atoms with Crippen LogP contribution in [0.5, 0.6) is 17.2 Å². The molecule has 6 nitrogen and oxygen atoms in total. The third-order valence-electron chi connectivity index (χ3n) is 3.06. The Morgan fingerprint density at radius 1 is 1.14 bits per heavy atom. The SMILES string of the molecule is CCCCNC(N)=NCc1c(OC)cc(OC)cc1OC. The molecule has 0 saturated heterocycles. The van der Waals surface area contributed by atoms with E-state index in [4.69, 9.17) is 19.9 Å². The van der Waals surface area contributed by atoms with Crippen molar-refractivity contribution >= 4 is 5.96 Å². The quantitative estimate of drug-likeness (QED) is 0.435. The van der Waals surface area contributed by atoms with Crippen molar-refractivity contribution in [2.24, 2.45) is 10.7 Å². The second kappa shape index (κ2) is 8.94. The molecule has 1 aromatic carbocycles. The molecule has 0 aliphatic carbocycles. The molecule has 0 aliphatic rings. The largest absolute Gasteiger partial charge is 0.496 e. The summed E-state index contributed by atoms with van der Waals surface area (Å²) in [5.74, 6) is 2.42. The number of guanidine groups is 1. The predicted molar refractivity (Wildman–Crippen MR) is 84.3 cm³/mol. The number of unbranched alkanes of at least 4 members (excludes halogenated alkanes) is 1. The van der Waals surface area contributed by atoms with E-state index in [1.165, 1.54) is 0 Å². The summed E-state index contributed by atoms with van der Waals surface area (Å²) in [4.78, 5) is 4.32. The molecule has 0 saturated carbocycles. The van der Waals surface area contributed by atoms with Crippen LogP contribution in [0.1, 0.15) is 25.3 Å². The van der Waals surface area contributed by atoms with Gasteiger partial charge in [-0.05, 0) is 6.42 Å². The molecule has 0 radical (unpaired) electrons. The average molecular weight is 295 g/mol. The first-order valence-electron chi connectivity index (χ1n) is 6.98. The summed E-state index contributed by atoms with van der Waals surface area (Å²) in [6.45, 7) is 3.33. The number of benzene rings is 1. The van der Waals surface area contributed by atoms with Gasteiger partial charge in [0.25, 0.3) is 0 Å². The standard InChI is InChI=1S/C15H25N3O3/c1-5-6-7-17-15(16)18-10-12-13(20-3)8-11(19-2)9-14(12)21-4/h8-9H,5-7,10H2,1-4H3,(H3,16,17,18). The first-order valence-corrected chi connectivity index (χ1v) is 6.98. The van der Waals surface area contributed by atoms with Crippen LogP contribution in [0.3, 0.4) is 0 Å². The minimum atomic E-state index is 0.376. The van der Waals surface area contributed by atoms with Crippen molar-refractivity contribution in [2.75, 3.05) is 27.9 Å². The topological polar surface area (TPSA) is 78.1 Å². The minimum absolute atomic E-state index is 0.376. The summed E-state index contributed by atoms with van der Waals surface area (Å²) in [5, 5.41) is 3.07. The van der Waals surface area contributed by atoms with Crippen molar-refractivity contribution in [1.29, 1.82) is 0 Å². The van der Waals surface area contributed by atoms with E-state index in [0.29, 0.717) is 29.8 Å². The van der Waals surface area contributed by atoms with Crippen LogP contribution in [0, 0.1) is 0 Å². The lowest BCUT2D eigenvalue weighted by atomic mass is 10.1. The van der Waals surface area contributed by atoms with Crippen LogP contribution in [-0.2, 0) is 6.54 Å². The number of rotatable bonds is 8. The van der Waals surface area contributed by atoms with Crippen molar-refractivity contribution < 1.29 is 14.2 Å². The van der Waals surface area contributed by atoms with Crippen molar-refractivity contribution in [2.45, 2.75) is 26.3 Å². The highest BCUT2D eigenvalue weighted by atomic mass is 16.5. The second-order valence-electron chi connectivity index (χ2n) is 4.49. The molecular weight excluding hydrogens is 270 g/mol. The first-order chi connectivity index (χ1) is 10.2. The van der Waals surface area contributed by atoms with Gasteiger partial charge in [0.05, 0.1) is 33.4 Å². The highest BCUT2D eigenvalue weighted by Gasteiger charge is 2.12. The fourth-order valence-corrected chi connectivity index (χ4v) is 1.85. The molecule has 1 aromatic rings. The number of ether oxygens (including phenoxy) is 3. The fraction of sp³-hybridized carbons (Fsp3) is 0.533. The highest BCUT2D eigenvalue weighted by molar-refractivity contribution is 5.77. The lowest BCUT2D eigenvalue weighted by Gasteiger charge is -2.14. The van der Waals surface area contributed by atoms with Crippen LogP contribution in [0.15, 0.2) is 17.1 Å². The Morgan fingerprint density at radius 3 is 2.24 bits per heavy atom.